The lowest BCUT2D eigenvalue weighted by molar-refractivity contribution is 0.352. The first-order chi connectivity index (χ1) is 19.6. The van der Waals surface area contributed by atoms with E-state index in [9.17, 15) is 0 Å². The molecule has 0 heterocycles. The lowest BCUT2D eigenvalue weighted by Gasteiger charge is -2.29. The van der Waals surface area contributed by atoms with Gasteiger partial charge in [0.25, 0.3) is 0 Å². The van der Waals surface area contributed by atoms with Crippen molar-refractivity contribution in [1.29, 1.82) is 0 Å². The molecule has 41 heavy (non-hydrogen) atoms. The lowest BCUT2D eigenvalue weighted by atomic mass is 9.80. The van der Waals surface area contributed by atoms with Gasteiger partial charge in [-0.25, -0.2) is 0 Å². The average molecular weight is 557 g/mol. The van der Waals surface area contributed by atoms with Crippen LogP contribution in [0.25, 0.3) is 11.1 Å². The highest BCUT2D eigenvalue weighted by Crippen LogP contribution is 2.38. The summed E-state index contributed by atoms with van der Waals surface area (Å²) < 4.78 is 10.7. The van der Waals surface area contributed by atoms with E-state index in [0.29, 0.717) is 11.8 Å². The molecule has 4 heteroatoms. The van der Waals surface area contributed by atoms with Crippen LogP contribution in [-0.2, 0) is 0 Å². The molecule has 0 saturated heterocycles. The fourth-order valence-electron chi connectivity index (χ4n) is 5.88. The van der Waals surface area contributed by atoms with E-state index in [1.165, 1.54) is 64.7 Å². The minimum atomic E-state index is 0.593. The molecule has 0 radical (unpaired) electrons. The molecule has 0 spiro atoms. The van der Waals surface area contributed by atoms with Crippen molar-refractivity contribution in [1.82, 2.24) is 9.80 Å². The molecule has 222 valence electrons. The summed E-state index contributed by atoms with van der Waals surface area (Å²) in [5.74, 6) is 3.05. The monoisotopic (exact) mass is 556 g/mol. The van der Waals surface area contributed by atoms with Gasteiger partial charge >= 0.3 is 0 Å². The van der Waals surface area contributed by atoms with Gasteiger partial charge in [0, 0.05) is 13.1 Å². The standard InChI is InChI=1S/C19H27NO.C18H25NO/c1-14(2)15-9-10-17(13-20(3)4)19(12-15)16-7-6-8-18(11-16)21-5;1-5-14-9-10-16(13-19(2)3)18(11-14)15-7-6-8-17(12-15)20-4/h6-8,11-12,17H,9-10,13H2,1-5H3;5-8,11-12,16H,9-10,13H2,1-4H3/b;14-5+. The molecule has 0 amide bonds. The fourth-order valence-corrected chi connectivity index (χ4v) is 5.88. The molecule has 4 rings (SSSR count). The Hall–Kier alpha value is -3.08. The number of benzene rings is 2. The van der Waals surface area contributed by atoms with Crippen molar-refractivity contribution >= 4 is 11.1 Å². The van der Waals surface area contributed by atoms with Crippen LogP contribution in [0.15, 0.2) is 83.5 Å². The maximum absolute atomic E-state index is 5.39. The SMILES string of the molecule is C/C=C1/C=C(c2cccc(OC)c2)C(CN(C)C)CC1.COc1cccc(C2=CC(=C(C)C)CCC2CN(C)C)c1. The Morgan fingerprint density at radius 3 is 1.68 bits per heavy atom. The molecule has 2 aromatic carbocycles. The minimum absolute atomic E-state index is 0.593. The Balaban J connectivity index is 0.000000226. The van der Waals surface area contributed by atoms with Gasteiger partial charge in [-0.15, -0.1) is 0 Å². The van der Waals surface area contributed by atoms with Gasteiger partial charge in [-0.2, -0.15) is 0 Å². The van der Waals surface area contributed by atoms with Crippen molar-refractivity contribution in [2.75, 3.05) is 55.5 Å². The van der Waals surface area contributed by atoms with Gasteiger partial charge in [-0.05, 0) is 139 Å². The van der Waals surface area contributed by atoms with E-state index in [-0.39, 0.29) is 0 Å². The van der Waals surface area contributed by atoms with Gasteiger partial charge in [0.1, 0.15) is 11.5 Å². The summed E-state index contributed by atoms with van der Waals surface area (Å²) in [4.78, 5) is 4.56. The molecule has 2 aromatic rings. The second-order valence-corrected chi connectivity index (χ2v) is 12.0. The molecule has 2 aliphatic rings. The quantitative estimate of drug-likeness (QED) is 0.326. The summed E-state index contributed by atoms with van der Waals surface area (Å²) >= 11 is 0. The van der Waals surface area contributed by atoms with Gasteiger partial charge in [0.15, 0.2) is 0 Å². The van der Waals surface area contributed by atoms with Crippen LogP contribution in [-0.4, -0.2) is 65.3 Å². The summed E-state index contributed by atoms with van der Waals surface area (Å²) in [5.41, 5.74) is 9.83. The maximum atomic E-state index is 5.39. The topological polar surface area (TPSA) is 24.9 Å². The van der Waals surface area contributed by atoms with Crippen LogP contribution in [0, 0.1) is 11.8 Å². The third-order valence-electron chi connectivity index (χ3n) is 8.08. The van der Waals surface area contributed by atoms with Crippen LogP contribution < -0.4 is 9.47 Å². The Morgan fingerprint density at radius 1 is 0.756 bits per heavy atom. The van der Waals surface area contributed by atoms with Crippen LogP contribution >= 0.6 is 0 Å². The highest BCUT2D eigenvalue weighted by atomic mass is 16.5. The summed E-state index contributed by atoms with van der Waals surface area (Å²) in [5, 5.41) is 0. The highest BCUT2D eigenvalue weighted by Gasteiger charge is 2.23. The van der Waals surface area contributed by atoms with E-state index >= 15 is 0 Å². The van der Waals surface area contributed by atoms with Crippen LogP contribution in [0.4, 0.5) is 0 Å². The summed E-state index contributed by atoms with van der Waals surface area (Å²) in [6, 6.07) is 16.9. The van der Waals surface area contributed by atoms with Crippen molar-refractivity contribution in [3.8, 4) is 11.5 Å². The molecule has 0 N–H and O–H groups in total. The van der Waals surface area contributed by atoms with E-state index in [1.54, 1.807) is 14.2 Å². The molecule has 4 nitrogen and oxygen atoms in total. The number of nitrogens with zero attached hydrogens (tertiary/aromatic N) is 2. The smallest absolute Gasteiger partial charge is 0.119 e. The number of allylic oxidation sites excluding steroid dienone is 6. The minimum Gasteiger partial charge on any atom is -0.497 e. The first-order valence-electron chi connectivity index (χ1n) is 15.0. The number of hydrogen-bond acceptors (Lipinski definition) is 4. The Bertz CT molecular complexity index is 1260. The summed E-state index contributed by atoms with van der Waals surface area (Å²) in [6.07, 6.45) is 11.8. The van der Waals surface area contributed by atoms with Gasteiger partial charge < -0.3 is 19.3 Å². The molecular weight excluding hydrogens is 504 g/mol. The molecule has 2 aliphatic carbocycles. The first-order valence-corrected chi connectivity index (χ1v) is 15.0. The molecule has 0 saturated carbocycles. The predicted molar refractivity (Wildman–Crippen MR) is 177 cm³/mol. The van der Waals surface area contributed by atoms with E-state index in [1.807, 2.05) is 12.1 Å². The third kappa shape index (κ3) is 9.48. The highest BCUT2D eigenvalue weighted by molar-refractivity contribution is 5.73. The summed E-state index contributed by atoms with van der Waals surface area (Å²) in [6.45, 7) is 8.74. The number of rotatable bonds is 8. The number of hydrogen-bond donors (Lipinski definition) is 0. The van der Waals surface area contributed by atoms with Crippen molar-refractivity contribution in [3.05, 3.63) is 94.6 Å². The Morgan fingerprint density at radius 2 is 1.24 bits per heavy atom. The third-order valence-corrected chi connectivity index (χ3v) is 8.08. The van der Waals surface area contributed by atoms with E-state index in [2.05, 4.69) is 113 Å². The van der Waals surface area contributed by atoms with Crippen molar-refractivity contribution in [2.24, 2.45) is 11.8 Å². The fraction of sp³-hybridized carbons (Fsp3) is 0.459. The van der Waals surface area contributed by atoms with E-state index < -0.39 is 0 Å². The average Bonchev–Trinajstić information content (AvgIpc) is 2.97. The lowest BCUT2D eigenvalue weighted by Crippen LogP contribution is -2.24. The Labute approximate surface area is 250 Å². The maximum Gasteiger partial charge on any atom is 0.119 e. The number of ether oxygens (including phenoxy) is 2. The molecule has 2 unspecified atom stereocenters. The molecule has 0 fully saturated rings. The summed E-state index contributed by atoms with van der Waals surface area (Å²) in [7, 11) is 12.1. The van der Waals surface area contributed by atoms with Gasteiger partial charge in [0.05, 0.1) is 14.2 Å². The normalized spacial score (nSPS) is 19.9. The van der Waals surface area contributed by atoms with Gasteiger partial charge in [-0.1, -0.05) is 53.6 Å². The van der Waals surface area contributed by atoms with Crippen LogP contribution in [0.3, 0.4) is 0 Å². The predicted octanol–water partition coefficient (Wildman–Crippen LogP) is 8.38. The zero-order chi connectivity index (χ0) is 29.9. The molecule has 0 bridgehead atoms. The zero-order valence-corrected chi connectivity index (χ0v) is 27.0. The van der Waals surface area contributed by atoms with Crippen LogP contribution in [0.2, 0.25) is 0 Å². The molecular formula is C37H52N2O2. The molecule has 0 aromatic heterocycles. The zero-order valence-electron chi connectivity index (χ0n) is 27.0. The molecule has 2 atom stereocenters. The molecule has 0 aliphatic heterocycles. The van der Waals surface area contributed by atoms with Crippen molar-refractivity contribution < 1.29 is 9.47 Å². The van der Waals surface area contributed by atoms with Crippen LogP contribution in [0.1, 0.15) is 57.6 Å². The second kappa shape index (κ2) is 15.8. The van der Waals surface area contributed by atoms with Crippen LogP contribution in [0.5, 0.6) is 11.5 Å². The second-order valence-electron chi connectivity index (χ2n) is 12.0. The Kier molecular flexibility index (Phi) is 12.5. The van der Waals surface area contributed by atoms with E-state index in [4.69, 9.17) is 9.47 Å². The van der Waals surface area contributed by atoms with E-state index in [0.717, 1.165) is 24.6 Å². The van der Waals surface area contributed by atoms with Crippen molar-refractivity contribution in [3.63, 3.8) is 0 Å². The van der Waals surface area contributed by atoms with Crippen molar-refractivity contribution in [2.45, 2.75) is 46.5 Å². The largest absolute Gasteiger partial charge is 0.497 e. The number of methoxy groups -OCH3 is 2. The van der Waals surface area contributed by atoms with Gasteiger partial charge in [0.2, 0.25) is 0 Å². The van der Waals surface area contributed by atoms with Gasteiger partial charge in [-0.3, -0.25) is 0 Å². The first kappa shape index (κ1) is 32.4.